The molecular weight excluding hydrogens is 164 g/mol. The topological polar surface area (TPSA) is 26.3 Å². The summed E-state index contributed by atoms with van der Waals surface area (Å²) in [6.07, 6.45) is 4.35. The number of carbonyl (C=O) groups is 1. The molecule has 0 amide bonds. The highest BCUT2D eigenvalue weighted by Gasteiger charge is 2.44. The minimum Gasteiger partial charge on any atom is -0.465 e. The maximum Gasteiger partial charge on any atom is 0.306 e. The number of hydrogen-bond donors (Lipinski definition) is 0. The lowest BCUT2D eigenvalue weighted by Crippen LogP contribution is -2.32. The number of carbonyl (C=O) groups excluding carboxylic acids is 1. The Morgan fingerprint density at radius 3 is 2.38 bits per heavy atom. The van der Waals surface area contributed by atoms with Gasteiger partial charge in [0.1, 0.15) is 0 Å². The van der Waals surface area contributed by atoms with Crippen molar-refractivity contribution < 1.29 is 9.53 Å². The van der Waals surface area contributed by atoms with Gasteiger partial charge < -0.3 is 4.74 Å². The quantitative estimate of drug-likeness (QED) is 0.538. The average Bonchev–Trinajstić information content (AvgIpc) is 2.28. The summed E-state index contributed by atoms with van der Waals surface area (Å²) in [5, 5.41) is 0. The normalized spacial score (nSPS) is 45.2. The third kappa shape index (κ3) is 1.72. The van der Waals surface area contributed by atoms with Crippen LogP contribution in [-0.2, 0) is 9.53 Å². The van der Waals surface area contributed by atoms with E-state index in [0.29, 0.717) is 13.0 Å². The van der Waals surface area contributed by atoms with E-state index in [1.807, 2.05) is 0 Å². The molecule has 2 rings (SSSR count). The molecule has 1 saturated heterocycles. The van der Waals surface area contributed by atoms with E-state index in [4.69, 9.17) is 4.74 Å². The van der Waals surface area contributed by atoms with Crippen LogP contribution < -0.4 is 0 Å². The largest absolute Gasteiger partial charge is 0.465 e. The molecule has 2 fully saturated rings. The summed E-state index contributed by atoms with van der Waals surface area (Å²) in [7, 11) is 0. The molecular formula is C11H18O2. The van der Waals surface area contributed by atoms with Gasteiger partial charge in [0, 0.05) is 5.41 Å². The third-order valence-corrected chi connectivity index (χ3v) is 3.43. The van der Waals surface area contributed by atoms with Crippen molar-refractivity contribution in [2.45, 2.75) is 39.5 Å². The van der Waals surface area contributed by atoms with Gasteiger partial charge in [-0.25, -0.2) is 0 Å². The Morgan fingerprint density at radius 2 is 1.92 bits per heavy atom. The van der Waals surface area contributed by atoms with Crippen molar-refractivity contribution in [2.24, 2.45) is 17.3 Å². The first kappa shape index (κ1) is 9.04. The summed E-state index contributed by atoms with van der Waals surface area (Å²) >= 11 is 0. The second-order valence-electron chi connectivity index (χ2n) is 5.19. The smallest absolute Gasteiger partial charge is 0.306 e. The Hall–Kier alpha value is -0.530. The zero-order valence-corrected chi connectivity index (χ0v) is 8.51. The number of cyclic esters (lactones) is 1. The molecule has 1 spiro atoms. The monoisotopic (exact) mass is 182 g/mol. The molecule has 0 N–H and O–H groups in total. The van der Waals surface area contributed by atoms with Crippen LogP contribution in [0, 0.1) is 17.3 Å². The van der Waals surface area contributed by atoms with E-state index in [1.54, 1.807) is 0 Å². The van der Waals surface area contributed by atoms with E-state index in [0.717, 1.165) is 11.8 Å². The SMILES string of the molecule is C[C@@H]1C[C@H](C)CC2(COC(=O)C2)C1. The van der Waals surface area contributed by atoms with Gasteiger partial charge in [-0.15, -0.1) is 0 Å². The number of hydrogen-bond acceptors (Lipinski definition) is 2. The Balaban J connectivity index is 2.09. The molecule has 0 aromatic heterocycles. The molecule has 0 aromatic rings. The van der Waals surface area contributed by atoms with Gasteiger partial charge in [0.25, 0.3) is 0 Å². The van der Waals surface area contributed by atoms with Crippen LogP contribution in [0.3, 0.4) is 0 Å². The summed E-state index contributed by atoms with van der Waals surface area (Å²) < 4.78 is 5.10. The van der Waals surface area contributed by atoms with Crippen molar-refractivity contribution in [1.29, 1.82) is 0 Å². The van der Waals surface area contributed by atoms with Gasteiger partial charge in [-0.05, 0) is 31.1 Å². The van der Waals surface area contributed by atoms with Gasteiger partial charge in [-0.2, -0.15) is 0 Å². The van der Waals surface area contributed by atoms with Crippen molar-refractivity contribution in [3.8, 4) is 0 Å². The maximum absolute atomic E-state index is 11.1. The first-order chi connectivity index (χ1) is 6.10. The second-order valence-corrected chi connectivity index (χ2v) is 5.19. The molecule has 1 saturated carbocycles. The molecule has 2 aliphatic rings. The molecule has 1 aliphatic heterocycles. The Morgan fingerprint density at radius 1 is 1.31 bits per heavy atom. The standard InChI is InChI=1S/C11H18O2/c1-8-3-9(2)5-11(4-8)6-10(12)13-7-11/h8-9H,3-7H2,1-2H3/t8-,9+,11?. The van der Waals surface area contributed by atoms with Crippen LogP contribution in [-0.4, -0.2) is 12.6 Å². The summed E-state index contributed by atoms with van der Waals surface area (Å²) in [5.41, 5.74) is 0.216. The maximum atomic E-state index is 11.1. The molecule has 3 atom stereocenters. The van der Waals surface area contributed by atoms with E-state index in [2.05, 4.69) is 13.8 Å². The number of rotatable bonds is 0. The molecule has 0 aromatic carbocycles. The van der Waals surface area contributed by atoms with E-state index in [1.165, 1.54) is 19.3 Å². The minimum atomic E-state index is 0.0151. The molecule has 2 nitrogen and oxygen atoms in total. The van der Waals surface area contributed by atoms with Gasteiger partial charge >= 0.3 is 5.97 Å². The molecule has 74 valence electrons. The van der Waals surface area contributed by atoms with Crippen LogP contribution in [0.5, 0.6) is 0 Å². The van der Waals surface area contributed by atoms with E-state index in [9.17, 15) is 4.79 Å². The van der Waals surface area contributed by atoms with Crippen LogP contribution in [0.2, 0.25) is 0 Å². The summed E-state index contributed by atoms with van der Waals surface area (Å²) in [6, 6.07) is 0. The van der Waals surface area contributed by atoms with E-state index >= 15 is 0 Å². The molecule has 0 bridgehead atoms. The van der Waals surface area contributed by atoms with Gasteiger partial charge in [-0.1, -0.05) is 13.8 Å². The minimum absolute atomic E-state index is 0.0151. The second kappa shape index (κ2) is 3.00. The van der Waals surface area contributed by atoms with Crippen LogP contribution >= 0.6 is 0 Å². The first-order valence-electron chi connectivity index (χ1n) is 5.25. The fourth-order valence-corrected chi connectivity index (χ4v) is 3.32. The van der Waals surface area contributed by atoms with Gasteiger partial charge in [0.05, 0.1) is 13.0 Å². The summed E-state index contributed by atoms with van der Waals surface area (Å²) in [5.74, 6) is 1.54. The van der Waals surface area contributed by atoms with Crippen LogP contribution in [0.15, 0.2) is 0 Å². The molecule has 1 aliphatic carbocycles. The van der Waals surface area contributed by atoms with Crippen molar-refractivity contribution in [3.63, 3.8) is 0 Å². The van der Waals surface area contributed by atoms with Crippen LogP contribution in [0.1, 0.15) is 39.5 Å². The zero-order valence-electron chi connectivity index (χ0n) is 8.51. The summed E-state index contributed by atoms with van der Waals surface area (Å²) in [6.45, 7) is 5.26. The Bertz CT molecular complexity index is 212. The van der Waals surface area contributed by atoms with Gasteiger partial charge in [-0.3, -0.25) is 4.79 Å². The molecule has 0 radical (unpaired) electrons. The van der Waals surface area contributed by atoms with Crippen molar-refractivity contribution in [2.75, 3.05) is 6.61 Å². The third-order valence-electron chi connectivity index (χ3n) is 3.43. The van der Waals surface area contributed by atoms with Crippen molar-refractivity contribution in [1.82, 2.24) is 0 Å². The van der Waals surface area contributed by atoms with Crippen LogP contribution in [0.4, 0.5) is 0 Å². The fraction of sp³-hybridized carbons (Fsp3) is 0.909. The molecule has 1 heterocycles. The zero-order chi connectivity index (χ0) is 9.47. The molecule has 13 heavy (non-hydrogen) atoms. The van der Waals surface area contributed by atoms with Gasteiger partial charge in [0.15, 0.2) is 0 Å². The lowest BCUT2D eigenvalue weighted by Gasteiger charge is -2.38. The van der Waals surface area contributed by atoms with E-state index in [-0.39, 0.29) is 11.4 Å². The van der Waals surface area contributed by atoms with Gasteiger partial charge in [0.2, 0.25) is 0 Å². The lowest BCUT2D eigenvalue weighted by molar-refractivity contribution is -0.137. The highest BCUT2D eigenvalue weighted by Crippen LogP contribution is 2.47. The predicted molar refractivity (Wildman–Crippen MR) is 50.2 cm³/mol. The number of esters is 1. The fourth-order valence-electron chi connectivity index (χ4n) is 3.32. The number of ether oxygens (including phenoxy) is 1. The van der Waals surface area contributed by atoms with Crippen LogP contribution in [0.25, 0.3) is 0 Å². The highest BCUT2D eigenvalue weighted by atomic mass is 16.5. The predicted octanol–water partition coefficient (Wildman–Crippen LogP) is 2.38. The van der Waals surface area contributed by atoms with E-state index < -0.39 is 0 Å². The average molecular weight is 182 g/mol. The molecule has 1 unspecified atom stereocenters. The Kier molecular flexibility index (Phi) is 2.09. The summed E-state index contributed by atoms with van der Waals surface area (Å²) in [4.78, 5) is 11.1. The molecule has 2 heteroatoms. The van der Waals surface area contributed by atoms with Crippen molar-refractivity contribution in [3.05, 3.63) is 0 Å². The highest BCUT2D eigenvalue weighted by molar-refractivity contribution is 5.72. The first-order valence-corrected chi connectivity index (χ1v) is 5.25. The lowest BCUT2D eigenvalue weighted by atomic mass is 9.66. The Labute approximate surface area is 79.7 Å². The van der Waals surface area contributed by atoms with Crippen molar-refractivity contribution >= 4 is 5.97 Å².